The van der Waals surface area contributed by atoms with Gasteiger partial charge in [-0.15, -0.1) is 11.3 Å². The molecule has 21 heavy (non-hydrogen) atoms. The normalized spacial score (nSPS) is 10.3. The summed E-state index contributed by atoms with van der Waals surface area (Å²) in [5.41, 5.74) is 1.19. The number of anilines is 1. The van der Waals surface area contributed by atoms with Gasteiger partial charge in [-0.1, -0.05) is 0 Å². The minimum atomic E-state index is -0.280. The van der Waals surface area contributed by atoms with Gasteiger partial charge >= 0.3 is 0 Å². The molecule has 0 radical (unpaired) electrons. The molecule has 3 rings (SSSR count). The lowest BCUT2D eigenvalue weighted by Crippen LogP contribution is -2.12. The van der Waals surface area contributed by atoms with Crippen LogP contribution < -0.4 is 10.1 Å². The summed E-state index contributed by atoms with van der Waals surface area (Å²) in [5, 5.41) is 9.30. The number of nitrogens with one attached hydrogen (secondary N) is 1. The van der Waals surface area contributed by atoms with Crippen molar-refractivity contribution in [1.29, 1.82) is 0 Å². The van der Waals surface area contributed by atoms with Gasteiger partial charge < -0.3 is 4.74 Å². The van der Waals surface area contributed by atoms with E-state index in [1.165, 1.54) is 11.3 Å². The van der Waals surface area contributed by atoms with Crippen molar-refractivity contribution in [3.05, 3.63) is 53.8 Å². The Hall–Kier alpha value is -2.67. The van der Waals surface area contributed by atoms with Crippen molar-refractivity contribution in [3.8, 4) is 11.4 Å². The molecule has 7 heteroatoms. The van der Waals surface area contributed by atoms with E-state index >= 15 is 0 Å². The first-order valence-corrected chi connectivity index (χ1v) is 7.05. The van der Waals surface area contributed by atoms with Crippen molar-refractivity contribution in [2.75, 3.05) is 12.4 Å². The highest BCUT2D eigenvalue weighted by atomic mass is 32.1. The number of nitrogens with zero attached hydrogens (tertiary/aromatic N) is 3. The molecule has 0 spiro atoms. The van der Waals surface area contributed by atoms with E-state index < -0.39 is 0 Å². The molecule has 0 fully saturated rings. The van der Waals surface area contributed by atoms with Crippen LogP contribution >= 0.6 is 11.3 Å². The molecule has 0 aliphatic carbocycles. The van der Waals surface area contributed by atoms with Crippen LogP contribution in [0.25, 0.3) is 5.69 Å². The molecule has 0 aliphatic heterocycles. The first-order valence-electron chi connectivity index (χ1n) is 6.17. The molecule has 2 heterocycles. The van der Waals surface area contributed by atoms with Crippen molar-refractivity contribution in [2.45, 2.75) is 0 Å². The van der Waals surface area contributed by atoms with Crippen LogP contribution in [0.15, 0.2) is 48.1 Å². The van der Waals surface area contributed by atoms with E-state index in [1.807, 2.05) is 24.3 Å². The minimum Gasteiger partial charge on any atom is -0.497 e. The molecule has 0 unspecified atom stereocenters. The molecule has 3 aromatic rings. The zero-order valence-electron chi connectivity index (χ0n) is 11.2. The van der Waals surface area contributed by atoms with Gasteiger partial charge in [-0.25, -0.2) is 9.67 Å². The fourth-order valence-corrected chi connectivity index (χ4v) is 2.29. The summed E-state index contributed by atoms with van der Waals surface area (Å²) in [6.45, 7) is 0. The average molecular weight is 300 g/mol. The SMILES string of the molecule is COc1ccc(-n2ccc(C(=O)Nc3nccs3)n2)cc1. The van der Waals surface area contributed by atoms with Crippen LogP contribution in [-0.4, -0.2) is 27.8 Å². The first-order chi connectivity index (χ1) is 10.3. The number of benzene rings is 1. The predicted molar refractivity (Wildman–Crippen MR) is 80.2 cm³/mol. The zero-order chi connectivity index (χ0) is 14.7. The van der Waals surface area contributed by atoms with Crippen LogP contribution in [0.1, 0.15) is 10.5 Å². The Balaban J connectivity index is 1.77. The number of methoxy groups -OCH3 is 1. The number of hydrogen-bond acceptors (Lipinski definition) is 5. The second-order valence-corrected chi connectivity index (χ2v) is 5.03. The molecule has 0 saturated carbocycles. The van der Waals surface area contributed by atoms with E-state index in [2.05, 4.69) is 15.4 Å². The zero-order valence-corrected chi connectivity index (χ0v) is 12.0. The largest absolute Gasteiger partial charge is 0.497 e. The molecule has 0 saturated heterocycles. The van der Waals surface area contributed by atoms with Crippen LogP contribution in [0.3, 0.4) is 0 Å². The lowest BCUT2D eigenvalue weighted by molar-refractivity contribution is 0.102. The van der Waals surface area contributed by atoms with E-state index in [0.717, 1.165) is 11.4 Å². The molecule has 0 bridgehead atoms. The van der Waals surface area contributed by atoms with Crippen LogP contribution in [-0.2, 0) is 0 Å². The number of amides is 1. The summed E-state index contributed by atoms with van der Waals surface area (Å²) in [6, 6.07) is 9.08. The summed E-state index contributed by atoms with van der Waals surface area (Å²) in [4.78, 5) is 16.0. The molecular weight excluding hydrogens is 288 g/mol. The highest BCUT2D eigenvalue weighted by Crippen LogP contribution is 2.15. The lowest BCUT2D eigenvalue weighted by Gasteiger charge is -2.03. The van der Waals surface area contributed by atoms with Crippen molar-refractivity contribution >= 4 is 22.4 Å². The Kier molecular flexibility index (Phi) is 3.65. The highest BCUT2D eigenvalue weighted by Gasteiger charge is 2.11. The number of hydrogen-bond donors (Lipinski definition) is 1. The monoisotopic (exact) mass is 300 g/mol. The van der Waals surface area contributed by atoms with Gasteiger partial charge in [0.05, 0.1) is 12.8 Å². The van der Waals surface area contributed by atoms with Gasteiger partial charge in [0.2, 0.25) is 0 Å². The van der Waals surface area contributed by atoms with E-state index in [9.17, 15) is 4.79 Å². The number of carbonyl (C=O) groups excluding carboxylic acids is 1. The van der Waals surface area contributed by atoms with Crippen LogP contribution in [0, 0.1) is 0 Å². The fourth-order valence-electron chi connectivity index (χ4n) is 1.77. The smallest absolute Gasteiger partial charge is 0.277 e. The summed E-state index contributed by atoms with van der Waals surface area (Å²) < 4.78 is 6.74. The van der Waals surface area contributed by atoms with Gasteiger partial charge in [0.25, 0.3) is 5.91 Å². The standard InChI is InChI=1S/C14H12N4O2S/c1-20-11-4-2-10(3-5-11)18-8-6-12(17-18)13(19)16-14-15-7-9-21-14/h2-9H,1H3,(H,15,16,19). The van der Waals surface area contributed by atoms with Crippen LogP contribution in [0.2, 0.25) is 0 Å². The molecule has 1 aromatic carbocycles. The number of carbonyl (C=O) groups is 1. The number of rotatable bonds is 4. The van der Waals surface area contributed by atoms with Gasteiger partial charge in [-0.3, -0.25) is 10.1 Å². The number of aromatic nitrogens is 3. The molecule has 6 nitrogen and oxygen atoms in total. The average Bonchev–Trinajstić information content (AvgIpc) is 3.18. The van der Waals surface area contributed by atoms with Crippen LogP contribution in [0.5, 0.6) is 5.75 Å². The minimum absolute atomic E-state index is 0.280. The van der Waals surface area contributed by atoms with Crippen LogP contribution in [0.4, 0.5) is 5.13 Å². The first kappa shape index (κ1) is 13.3. The molecule has 0 aliphatic rings. The van der Waals surface area contributed by atoms with Gasteiger partial charge in [0.15, 0.2) is 10.8 Å². The third kappa shape index (κ3) is 2.92. The Bertz CT molecular complexity index is 735. The lowest BCUT2D eigenvalue weighted by atomic mass is 10.3. The Labute approximate surface area is 125 Å². The maximum atomic E-state index is 12.0. The summed E-state index contributed by atoms with van der Waals surface area (Å²) in [7, 11) is 1.62. The molecular formula is C14H12N4O2S. The Morgan fingerprint density at radius 2 is 2.10 bits per heavy atom. The van der Waals surface area contributed by atoms with Gasteiger partial charge in [-0.2, -0.15) is 5.10 Å². The highest BCUT2D eigenvalue weighted by molar-refractivity contribution is 7.13. The van der Waals surface area contributed by atoms with E-state index in [4.69, 9.17) is 4.74 Å². The number of thiazole rings is 1. The van der Waals surface area contributed by atoms with Crippen molar-refractivity contribution in [2.24, 2.45) is 0 Å². The summed E-state index contributed by atoms with van der Waals surface area (Å²) >= 11 is 1.36. The molecule has 106 valence electrons. The Morgan fingerprint density at radius 1 is 1.29 bits per heavy atom. The topological polar surface area (TPSA) is 69.0 Å². The third-order valence-electron chi connectivity index (χ3n) is 2.81. The van der Waals surface area contributed by atoms with Crippen molar-refractivity contribution in [1.82, 2.24) is 14.8 Å². The molecule has 1 N–H and O–H groups in total. The molecule has 2 aromatic heterocycles. The van der Waals surface area contributed by atoms with E-state index in [0.29, 0.717) is 10.8 Å². The maximum Gasteiger partial charge on any atom is 0.277 e. The van der Waals surface area contributed by atoms with Crippen molar-refractivity contribution < 1.29 is 9.53 Å². The quantitative estimate of drug-likeness (QED) is 0.804. The summed E-state index contributed by atoms with van der Waals surface area (Å²) in [6.07, 6.45) is 3.37. The van der Waals surface area contributed by atoms with Gasteiger partial charge in [-0.05, 0) is 30.3 Å². The second-order valence-electron chi connectivity index (χ2n) is 4.13. The number of ether oxygens (including phenoxy) is 1. The Morgan fingerprint density at radius 3 is 2.76 bits per heavy atom. The predicted octanol–water partition coefficient (Wildman–Crippen LogP) is 2.59. The van der Waals surface area contributed by atoms with E-state index in [-0.39, 0.29) is 5.91 Å². The third-order valence-corrected chi connectivity index (χ3v) is 3.50. The second kappa shape index (κ2) is 5.76. The van der Waals surface area contributed by atoms with E-state index in [1.54, 1.807) is 35.6 Å². The molecule has 0 atom stereocenters. The summed E-state index contributed by atoms with van der Waals surface area (Å²) in [5.74, 6) is 0.491. The van der Waals surface area contributed by atoms with Gasteiger partial charge in [0, 0.05) is 17.8 Å². The fraction of sp³-hybridized carbons (Fsp3) is 0.0714. The molecule has 1 amide bonds. The van der Waals surface area contributed by atoms with Gasteiger partial charge in [0.1, 0.15) is 5.75 Å². The maximum absolute atomic E-state index is 12.0. The van der Waals surface area contributed by atoms with Crippen molar-refractivity contribution in [3.63, 3.8) is 0 Å².